The number of hydrogen-bond acceptors (Lipinski definition) is 2. The summed E-state index contributed by atoms with van der Waals surface area (Å²) >= 11 is 0. The molecule has 0 atom stereocenters. The van der Waals surface area contributed by atoms with Crippen LogP contribution in [0.2, 0.25) is 0 Å². The predicted octanol–water partition coefficient (Wildman–Crippen LogP) is 2.91. The quantitative estimate of drug-likeness (QED) is 0.601. The summed E-state index contributed by atoms with van der Waals surface area (Å²) in [5, 5.41) is 9.21. The van der Waals surface area contributed by atoms with Gasteiger partial charge in [0, 0.05) is 13.1 Å². The molecule has 0 unspecified atom stereocenters. The van der Waals surface area contributed by atoms with Crippen molar-refractivity contribution in [1.82, 2.24) is 4.90 Å². The Bertz CT molecular complexity index is 534. The number of rotatable bonds is 2. The second-order valence-electron chi connectivity index (χ2n) is 4.88. The van der Waals surface area contributed by atoms with Crippen molar-refractivity contribution in [2.45, 2.75) is 26.2 Å². The van der Waals surface area contributed by atoms with Gasteiger partial charge in [0.1, 0.15) is 11.6 Å². The lowest BCUT2D eigenvalue weighted by Crippen LogP contribution is -2.36. The summed E-state index contributed by atoms with van der Waals surface area (Å²) in [6.07, 6.45) is 4.95. The SMILES string of the molecule is Cc1ccccc1/C=C(\C#N)C(=O)N1CCCCC1. The van der Waals surface area contributed by atoms with Gasteiger partial charge in [-0.1, -0.05) is 24.3 Å². The molecule has 0 aromatic heterocycles. The predicted molar refractivity (Wildman–Crippen MR) is 75.2 cm³/mol. The zero-order chi connectivity index (χ0) is 13.7. The van der Waals surface area contributed by atoms with Gasteiger partial charge >= 0.3 is 0 Å². The Kier molecular flexibility index (Phi) is 4.35. The Morgan fingerprint density at radius 3 is 2.58 bits per heavy atom. The van der Waals surface area contributed by atoms with E-state index in [4.69, 9.17) is 0 Å². The molecule has 1 heterocycles. The fourth-order valence-electron chi connectivity index (χ4n) is 2.31. The molecular weight excluding hydrogens is 236 g/mol. The first kappa shape index (κ1) is 13.4. The maximum absolute atomic E-state index is 12.3. The van der Waals surface area contributed by atoms with Crippen molar-refractivity contribution in [2.75, 3.05) is 13.1 Å². The van der Waals surface area contributed by atoms with Gasteiger partial charge in [-0.3, -0.25) is 4.79 Å². The molecule has 1 aliphatic heterocycles. The summed E-state index contributed by atoms with van der Waals surface area (Å²) in [6.45, 7) is 3.52. The van der Waals surface area contributed by atoms with E-state index >= 15 is 0 Å². The fourth-order valence-corrected chi connectivity index (χ4v) is 2.31. The molecule has 2 rings (SSSR count). The van der Waals surface area contributed by atoms with Crippen LogP contribution in [0.1, 0.15) is 30.4 Å². The van der Waals surface area contributed by atoms with E-state index in [2.05, 4.69) is 0 Å². The number of piperidine rings is 1. The van der Waals surface area contributed by atoms with Gasteiger partial charge < -0.3 is 4.90 Å². The van der Waals surface area contributed by atoms with Crippen LogP contribution in [-0.4, -0.2) is 23.9 Å². The molecule has 0 N–H and O–H groups in total. The first-order valence-corrected chi connectivity index (χ1v) is 6.69. The standard InChI is InChI=1S/C16H18N2O/c1-13-7-3-4-8-14(13)11-15(12-17)16(19)18-9-5-2-6-10-18/h3-4,7-8,11H,2,5-6,9-10H2,1H3/b15-11+. The van der Waals surface area contributed by atoms with E-state index in [0.29, 0.717) is 0 Å². The second-order valence-corrected chi connectivity index (χ2v) is 4.88. The van der Waals surface area contributed by atoms with Crippen LogP contribution in [-0.2, 0) is 4.79 Å². The van der Waals surface area contributed by atoms with Gasteiger partial charge in [0.2, 0.25) is 0 Å². The third-order valence-electron chi connectivity index (χ3n) is 3.48. The van der Waals surface area contributed by atoms with E-state index in [1.165, 1.54) is 6.42 Å². The Balaban J connectivity index is 2.22. The lowest BCUT2D eigenvalue weighted by Gasteiger charge is -2.26. The molecule has 1 saturated heterocycles. The van der Waals surface area contributed by atoms with E-state index < -0.39 is 0 Å². The highest BCUT2D eigenvalue weighted by molar-refractivity contribution is 6.01. The molecule has 1 aromatic rings. The summed E-state index contributed by atoms with van der Waals surface area (Å²) < 4.78 is 0. The average Bonchev–Trinajstić information content (AvgIpc) is 2.47. The number of amides is 1. The molecule has 0 aliphatic carbocycles. The Labute approximate surface area is 114 Å². The number of carbonyl (C=O) groups is 1. The summed E-state index contributed by atoms with van der Waals surface area (Å²) in [6, 6.07) is 9.82. The van der Waals surface area contributed by atoms with Gasteiger partial charge in [-0.05, 0) is 43.4 Å². The Hall–Kier alpha value is -2.08. The lowest BCUT2D eigenvalue weighted by molar-refractivity contribution is -0.127. The largest absolute Gasteiger partial charge is 0.338 e. The molecule has 3 heteroatoms. The summed E-state index contributed by atoms with van der Waals surface area (Å²) in [7, 11) is 0. The van der Waals surface area contributed by atoms with E-state index in [1.54, 1.807) is 11.0 Å². The van der Waals surface area contributed by atoms with Crippen LogP contribution in [0, 0.1) is 18.3 Å². The summed E-state index contributed by atoms with van der Waals surface area (Å²) in [5.41, 5.74) is 2.24. The van der Waals surface area contributed by atoms with Crippen LogP contribution < -0.4 is 0 Å². The first-order valence-electron chi connectivity index (χ1n) is 6.69. The minimum Gasteiger partial charge on any atom is -0.338 e. The topological polar surface area (TPSA) is 44.1 Å². The van der Waals surface area contributed by atoms with Crippen LogP contribution >= 0.6 is 0 Å². The summed E-state index contributed by atoms with van der Waals surface area (Å²) in [4.78, 5) is 14.1. The third-order valence-corrected chi connectivity index (χ3v) is 3.48. The number of carbonyl (C=O) groups excluding carboxylic acids is 1. The van der Waals surface area contributed by atoms with Crippen molar-refractivity contribution >= 4 is 12.0 Å². The molecule has 98 valence electrons. The summed E-state index contributed by atoms with van der Waals surface area (Å²) in [5.74, 6) is -0.134. The van der Waals surface area contributed by atoms with Gasteiger partial charge in [0.25, 0.3) is 5.91 Å². The van der Waals surface area contributed by atoms with E-state index in [1.807, 2.05) is 37.3 Å². The maximum Gasteiger partial charge on any atom is 0.264 e. The number of aryl methyl sites for hydroxylation is 1. The van der Waals surface area contributed by atoms with Crippen molar-refractivity contribution < 1.29 is 4.79 Å². The number of benzene rings is 1. The Morgan fingerprint density at radius 1 is 1.26 bits per heavy atom. The number of nitrogens with zero attached hydrogens (tertiary/aromatic N) is 2. The molecule has 0 saturated carbocycles. The molecular formula is C16H18N2O. The molecule has 19 heavy (non-hydrogen) atoms. The van der Waals surface area contributed by atoms with Crippen LogP contribution in [0.5, 0.6) is 0 Å². The highest BCUT2D eigenvalue weighted by atomic mass is 16.2. The normalized spacial score (nSPS) is 16.0. The molecule has 1 amide bonds. The highest BCUT2D eigenvalue weighted by Crippen LogP contribution is 2.16. The van der Waals surface area contributed by atoms with E-state index in [9.17, 15) is 10.1 Å². The first-order chi connectivity index (χ1) is 9.22. The van der Waals surface area contributed by atoms with Gasteiger partial charge in [-0.2, -0.15) is 5.26 Å². The molecule has 1 aromatic carbocycles. The van der Waals surface area contributed by atoms with Crippen LogP contribution in [0.15, 0.2) is 29.8 Å². The van der Waals surface area contributed by atoms with Crippen molar-refractivity contribution in [2.24, 2.45) is 0 Å². The van der Waals surface area contributed by atoms with Crippen molar-refractivity contribution in [1.29, 1.82) is 5.26 Å². The Morgan fingerprint density at radius 2 is 1.95 bits per heavy atom. The average molecular weight is 254 g/mol. The fraction of sp³-hybridized carbons (Fsp3) is 0.375. The monoisotopic (exact) mass is 254 g/mol. The molecule has 1 fully saturated rings. The van der Waals surface area contributed by atoms with E-state index in [-0.39, 0.29) is 11.5 Å². The molecule has 3 nitrogen and oxygen atoms in total. The lowest BCUT2D eigenvalue weighted by atomic mass is 10.0. The zero-order valence-corrected chi connectivity index (χ0v) is 11.2. The van der Waals surface area contributed by atoms with E-state index in [0.717, 1.165) is 37.1 Å². The number of hydrogen-bond donors (Lipinski definition) is 0. The van der Waals surface area contributed by atoms with Crippen LogP contribution in [0.4, 0.5) is 0 Å². The maximum atomic E-state index is 12.3. The molecule has 0 spiro atoms. The smallest absolute Gasteiger partial charge is 0.264 e. The number of nitriles is 1. The zero-order valence-electron chi connectivity index (χ0n) is 11.2. The van der Waals surface area contributed by atoms with Crippen molar-refractivity contribution in [3.63, 3.8) is 0 Å². The van der Waals surface area contributed by atoms with Crippen LogP contribution in [0.25, 0.3) is 6.08 Å². The third kappa shape index (κ3) is 3.23. The minimum absolute atomic E-state index is 0.134. The molecule has 1 aliphatic rings. The van der Waals surface area contributed by atoms with Crippen LogP contribution in [0.3, 0.4) is 0 Å². The van der Waals surface area contributed by atoms with Crippen molar-refractivity contribution in [3.8, 4) is 6.07 Å². The van der Waals surface area contributed by atoms with Crippen molar-refractivity contribution in [3.05, 3.63) is 41.0 Å². The van der Waals surface area contributed by atoms with Gasteiger partial charge in [-0.15, -0.1) is 0 Å². The number of likely N-dealkylation sites (tertiary alicyclic amines) is 1. The molecule has 0 bridgehead atoms. The van der Waals surface area contributed by atoms with Gasteiger partial charge in [0.05, 0.1) is 0 Å². The van der Waals surface area contributed by atoms with Gasteiger partial charge in [0.15, 0.2) is 0 Å². The molecule has 0 radical (unpaired) electrons. The van der Waals surface area contributed by atoms with Gasteiger partial charge in [-0.25, -0.2) is 0 Å². The highest BCUT2D eigenvalue weighted by Gasteiger charge is 2.20. The second kappa shape index (κ2) is 6.19. The minimum atomic E-state index is -0.134.